The van der Waals surface area contributed by atoms with Crippen molar-refractivity contribution in [2.24, 2.45) is 11.8 Å². The van der Waals surface area contributed by atoms with Gasteiger partial charge in [-0.1, -0.05) is 0 Å². The zero-order valence-electron chi connectivity index (χ0n) is 8.09. The van der Waals surface area contributed by atoms with Crippen LogP contribution < -0.4 is 0 Å². The van der Waals surface area contributed by atoms with E-state index in [1.165, 1.54) is 0 Å². The van der Waals surface area contributed by atoms with Crippen molar-refractivity contribution >= 4 is 8.25 Å². The molecule has 12 heavy (non-hydrogen) atoms. The number of hydrogen-bond donors (Lipinski definition) is 1. The second kappa shape index (κ2) is 7.54. The van der Waals surface area contributed by atoms with E-state index in [-0.39, 0.29) is 18.6 Å². The molecule has 0 aliphatic carbocycles. The van der Waals surface area contributed by atoms with Crippen LogP contribution in [0.3, 0.4) is 0 Å². The Bertz CT molecular complexity index is 111. The molecule has 0 fully saturated rings. The van der Waals surface area contributed by atoms with Crippen LogP contribution in [0.2, 0.25) is 3.93 Å². The van der Waals surface area contributed by atoms with Crippen molar-refractivity contribution in [3.05, 3.63) is 0 Å². The Hall–Kier alpha value is 1.15. The Morgan fingerprint density at radius 1 is 1.50 bits per heavy atom. The van der Waals surface area contributed by atoms with E-state index in [0.717, 1.165) is 3.93 Å². The van der Waals surface area contributed by atoms with Gasteiger partial charge in [-0.2, -0.15) is 0 Å². The zero-order chi connectivity index (χ0) is 9.56. The molecule has 0 rings (SSSR count). The summed E-state index contributed by atoms with van der Waals surface area (Å²) in [6.45, 7) is 4.44. The molecule has 0 spiro atoms. The number of rotatable bonds is 6. The average Bonchev–Trinajstić information content (AvgIpc) is 2.03. The van der Waals surface area contributed by atoms with E-state index < -0.39 is 23.3 Å². The van der Waals surface area contributed by atoms with Crippen LogP contribution in [-0.2, 0) is 28.1 Å². The van der Waals surface area contributed by atoms with Crippen LogP contribution in [0.5, 0.6) is 0 Å². The fourth-order valence-electron chi connectivity index (χ4n) is 1.51. The molecule has 0 aliphatic rings. The van der Waals surface area contributed by atoms with Crippen LogP contribution in [-0.4, -0.2) is 24.9 Å². The molecular formula is C8H17ClHgO2. The Labute approximate surface area is 90.5 Å². The van der Waals surface area contributed by atoms with Gasteiger partial charge in [0.05, 0.1) is 0 Å². The van der Waals surface area contributed by atoms with Crippen molar-refractivity contribution in [1.82, 2.24) is 0 Å². The van der Waals surface area contributed by atoms with E-state index in [9.17, 15) is 0 Å². The molecular weight excluding hydrogens is 364 g/mol. The number of hydrogen-bond acceptors (Lipinski definition) is 2. The van der Waals surface area contributed by atoms with Gasteiger partial charge in [0.2, 0.25) is 0 Å². The molecule has 0 aromatic carbocycles. The van der Waals surface area contributed by atoms with Gasteiger partial charge in [-0.3, -0.25) is 0 Å². The fourth-order valence-corrected chi connectivity index (χ4v) is 7.04. The number of aliphatic hydroxyl groups is 1. The van der Waals surface area contributed by atoms with Crippen molar-refractivity contribution in [1.29, 1.82) is 0 Å². The number of ether oxygens (including phenoxy) is 1. The first-order valence-corrected chi connectivity index (χ1v) is 15.0. The maximum absolute atomic E-state index is 9.10. The molecule has 0 bridgehead atoms. The van der Waals surface area contributed by atoms with Gasteiger partial charge in [0, 0.05) is 0 Å². The van der Waals surface area contributed by atoms with Crippen LogP contribution in [0.25, 0.3) is 0 Å². The molecule has 0 saturated heterocycles. The van der Waals surface area contributed by atoms with Gasteiger partial charge in [0.1, 0.15) is 0 Å². The van der Waals surface area contributed by atoms with Gasteiger partial charge in [0.25, 0.3) is 0 Å². The number of aliphatic hydroxyl groups excluding tert-OH is 1. The molecule has 0 aliphatic heterocycles. The maximum atomic E-state index is 9.10. The third-order valence-electron chi connectivity index (χ3n) is 2.11. The molecule has 0 amide bonds. The molecule has 1 N–H and O–H groups in total. The molecule has 0 aromatic rings. The Morgan fingerprint density at radius 3 is 2.33 bits per heavy atom. The second-order valence-corrected chi connectivity index (χ2v) is 10.4. The quantitative estimate of drug-likeness (QED) is 0.713. The van der Waals surface area contributed by atoms with Crippen LogP contribution in [0.4, 0.5) is 0 Å². The SMILES string of the molecule is CO[C@@H](C(C)C)[C@@H](CO)[CH2][Hg][Cl]. The fraction of sp³-hybridized carbons (Fsp3) is 1.00. The first kappa shape index (κ1) is 13.1. The number of methoxy groups -OCH3 is 1. The van der Waals surface area contributed by atoms with Crippen molar-refractivity contribution in [3.8, 4) is 0 Å². The van der Waals surface area contributed by atoms with E-state index in [4.69, 9.17) is 18.1 Å². The topological polar surface area (TPSA) is 29.5 Å². The molecule has 0 unspecified atom stereocenters. The van der Waals surface area contributed by atoms with Crippen molar-refractivity contribution in [3.63, 3.8) is 0 Å². The average molecular weight is 381 g/mol. The Kier molecular flexibility index (Phi) is 8.26. The predicted octanol–water partition coefficient (Wildman–Crippen LogP) is 1.92. The van der Waals surface area contributed by atoms with Crippen LogP contribution in [0.1, 0.15) is 13.8 Å². The standard InChI is InChI=1S/C8H17O2.ClH.Hg/c1-6(2)8(10-4)7(3)5-9;;/h6-9H,3,5H2,1-2,4H3;1H;/q;;+1/p-1/t7-,8+;;/m1../s1. The van der Waals surface area contributed by atoms with Crippen molar-refractivity contribution < 1.29 is 33.2 Å². The van der Waals surface area contributed by atoms with Crippen molar-refractivity contribution in [2.45, 2.75) is 23.9 Å². The first-order chi connectivity index (χ1) is 5.67. The molecule has 2 atom stereocenters. The Balaban J connectivity index is 4.02. The van der Waals surface area contributed by atoms with Gasteiger partial charge < -0.3 is 0 Å². The van der Waals surface area contributed by atoms with Crippen molar-refractivity contribution in [2.75, 3.05) is 13.7 Å². The van der Waals surface area contributed by atoms with Crippen LogP contribution in [0, 0.1) is 11.8 Å². The summed E-state index contributed by atoms with van der Waals surface area (Å²) in [4.78, 5) is 0. The van der Waals surface area contributed by atoms with Gasteiger partial charge >= 0.3 is 90.9 Å². The van der Waals surface area contributed by atoms with E-state index in [1.807, 2.05) is 0 Å². The molecule has 0 saturated carbocycles. The molecule has 0 aromatic heterocycles. The zero-order valence-corrected chi connectivity index (χ0v) is 14.3. The number of halogens is 1. The van der Waals surface area contributed by atoms with Crippen LogP contribution >= 0.6 is 8.25 Å². The van der Waals surface area contributed by atoms with Gasteiger partial charge in [-0.15, -0.1) is 0 Å². The second-order valence-electron chi connectivity index (χ2n) is 3.36. The molecule has 0 heterocycles. The van der Waals surface area contributed by atoms with E-state index in [0.29, 0.717) is 5.92 Å². The molecule has 4 heteroatoms. The summed E-state index contributed by atoms with van der Waals surface area (Å²) in [7, 11) is 7.54. The summed E-state index contributed by atoms with van der Waals surface area (Å²) in [5.74, 6) is 0.734. The molecule has 70 valence electrons. The summed E-state index contributed by atoms with van der Waals surface area (Å²) < 4.78 is 6.37. The summed E-state index contributed by atoms with van der Waals surface area (Å²) in [6, 6.07) is 0. The minimum absolute atomic E-state index is 0.175. The normalized spacial score (nSPS) is 15.8. The van der Waals surface area contributed by atoms with E-state index in [1.54, 1.807) is 7.11 Å². The van der Waals surface area contributed by atoms with E-state index >= 15 is 0 Å². The van der Waals surface area contributed by atoms with Crippen LogP contribution in [0.15, 0.2) is 0 Å². The van der Waals surface area contributed by atoms with Gasteiger partial charge in [0.15, 0.2) is 0 Å². The van der Waals surface area contributed by atoms with Gasteiger partial charge in [-0.05, 0) is 0 Å². The monoisotopic (exact) mass is 382 g/mol. The summed E-state index contributed by atoms with van der Waals surface area (Å²) in [5.41, 5.74) is 0. The third-order valence-corrected chi connectivity index (χ3v) is 7.75. The third kappa shape index (κ3) is 4.40. The Morgan fingerprint density at radius 2 is 2.08 bits per heavy atom. The van der Waals surface area contributed by atoms with Gasteiger partial charge in [-0.25, -0.2) is 0 Å². The predicted molar refractivity (Wildman–Crippen MR) is 46.9 cm³/mol. The summed E-state index contributed by atoms with van der Waals surface area (Å²) in [5, 5.41) is 9.10. The molecule has 0 radical (unpaired) electrons. The van der Waals surface area contributed by atoms with E-state index in [2.05, 4.69) is 13.8 Å². The summed E-state index contributed by atoms with van der Waals surface area (Å²) >= 11 is -1.14. The minimum atomic E-state index is -1.14. The first-order valence-electron chi connectivity index (χ1n) is 4.37. The molecule has 2 nitrogen and oxygen atoms in total. The summed E-state index contributed by atoms with van der Waals surface area (Å²) in [6.07, 6.45) is 0.175.